The van der Waals surface area contributed by atoms with Crippen LogP contribution >= 0.6 is 0 Å². The number of aliphatic hydroxyl groups is 1. The zero-order valence-corrected chi connectivity index (χ0v) is 11.2. The topological polar surface area (TPSA) is 52.6 Å². The number of fused-ring (bicyclic) bond motifs is 1. The van der Waals surface area contributed by atoms with Gasteiger partial charge in [-0.3, -0.25) is 4.79 Å². The second kappa shape index (κ2) is 4.85. The lowest BCUT2D eigenvalue weighted by molar-refractivity contribution is -0.123. The van der Waals surface area contributed by atoms with Gasteiger partial charge in [0.05, 0.1) is 0 Å². The lowest BCUT2D eigenvalue weighted by Crippen LogP contribution is -2.32. The molecule has 2 aliphatic rings. The van der Waals surface area contributed by atoms with Crippen LogP contribution in [0, 0.1) is 0 Å². The average Bonchev–Trinajstić information content (AvgIpc) is 3.01. The summed E-state index contributed by atoms with van der Waals surface area (Å²) in [5, 5.41) is 12.5. The molecule has 2 N–H and O–H groups in total. The quantitative estimate of drug-likeness (QED) is 0.877. The van der Waals surface area contributed by atoms with Crippen molar-refractivity contribution in [2.24, 2.45) is 0 Å². The summed E-state index contributed by atoms with van der Waals surface area (Å²) in [5.74, 6) is -0.323. The molecule has 1 aliphatic carbocycles. The van der Waals surface area contributed by atoms with Crippen LogP contribution in [0.2, 0.25) is 0 Å². The predicted octanol–water partition coefficient (Wildman–Crippen LogP) is 2.44. The fourth-order valence-electron chi connectivity index (χ4n) is 3.28. The zero-order valence-electron chi connectivity index (χ0n) is 11.2. The van der Waals surface area contributed by atoms with E-state index in [1.165, 1.54) is 25.7 Å². The molecule has 1 aromatic carbocycles. The van der Waals surface area contributed by atoms with Gasteiger partial charge in [-0.1, -0.05) is 18.9 Å². The Bertz CT molecular complexity index is 495. The summed E-state index contributed by atoms with van der Waals surface area (Å²) in [6, 6.07) is 6.49. The first-order valence-corrected chi connectivity index (χ1v) is 7.10. The normalized spacial score (nSPS) is 22.4. The Morgan fingerprint density at radius 2 is 2.11 bits per heavy atom. The van der Waals surface area contributed by atoms with E-state index in [-0.39, 0.29) is 5.91 Å². The van der Waals surface area contributed by atoms with Gasteiger partial charge in [0, 0.05) is 29.5 Å². The summed E-state index contributed by atoms with van der Waals surface area (Å²) < 4.78 is 0. The van der Waals surface area contributed by atoms with Crippen LogP contribution in [0.5, 0.6) is 0 Å². The van der Waals surface area contributed by atoms with E-state index in [4.69, 9.17) is 0 Å². The smallest absolute Gasteiger partial charge is 0.257 e. The lowest BCUT2D eigenvalue weighted by Gasteiger charge is -2.30. The third-order valence-corrected chi connectivity index (χ3v) is 4.28. The molecule has 19 heavy (non-hydrogen) atoms. The molecule has 1 unspecified atom stereocenters. The number of nitrogens with zero attached hydrogens (tertiary/aromatic N) is 1. The van der Waals surface area contributed by atoms with Gasteiger partial charge in [-0.15, -0.1) is 0 Å². The van der Waals surface area contributed by atoms with E-state index in [1.807, 2.05) is 18.2 Å². The van der Waals surface area contributed by atoms with Gasteiger partial charge in [0.1, 0.15) is 0 Å². The Morgan fingerprint density at radius 3 is 2.79 bits per heavy atom. The Balaban J connectivity index is 1.89. The minimum Gasteiger partial charge on any atom is -0.378 e. The highest BCUT2D eigenvalue weighted by Gasteiger charge is 2.29. The molecule has 3 rings (SSSR count). The minimum atomic E-state index is -1.01. The summed E-state index contributed by atoms with van der Waals surface area (Å²) in [4.78, 5) is 13.9. The number of carbonyl (C=O) groups excluding carboxylic acids is 1. The number of aliphatic hydroxyl groups excluding tert-OH is 1. The average molecular weight is 260 g/mol. The zero-order chi connectivity index (χ0) is 13.4. The summed E-state index contributed by atoms with van der Waals surface area (Å²) in [6.07, 6.45) is 4.11. The van der Waals surface area contributed by atoms with Crippen LogP contribution in [0.1, 0.15) is 44.3 Å². The minimum absolute atomic E-state index is 0.323. The maximum atomic E-state index is 11.5. The van der Waals surface area contributed by atoms with Crippen molar-refractivity contribution < 1.29 is 9.90 Å². The van der Waals surface area contributed by atoms with E-state index >= 15 is 0 Å². The highest BCUT2D eigenvalue weighted by Crippen LogP contribution is 2.36. The second-order valence-corrected chi connectivity index (χ2v) is 5.39. The Labute approximate surface area is 113 Å². The highest BCUT2D eigenvalue weighted by molar-refractivity contribution is 6.02. The van der Waals surface area contributed by atoms with Gasteiger partial charge in [0.2, 0.25) is 0 Å². The first-order chi connectivity index (χ1) is 9.20. The van der Waals surface area contributed by atoms with Crippen molar-refractivity contribution in [3.8, 4) is 0 Å². The maximum Gasteiger partial charge on any atom is 0.257 e. The summed E-state index contributed by atoms with van der Waals surface area (Å²) in [6.45, 7) is 3.14. The molecule has 1 amide bonds. The number of amides is 1. The molecule has 1 atom stereocenters. The molecule has 1 heterocycles. The monoisotopic (exact) mass is 260 g/mol. The number of hydrogen-bond acceptors (Lipinski definition) is 3. The van der Waals surface area contributed by atoms with Crippen LogP contribution in [0.25, 0.3) is 0 Å². The first-order valence-electron chi connectivity index (χ1n) is 7.10. The molecule has 0 aromatic heterocycles. The van der Waals surface area contributed by atoms with Crippen LogP contribution in [0.3, 0.4) is 0 Å². The van der Waals surface area contributed by atoms with Crippen molar-refractivity contribution in [2.75, 3.05) is 16.8 Å². The molecule has 0 radical (unpaired) electrons. The largest absolute Gasteiger partial charge is 0.378 e. The van der Waals surface area contributed by atoms with Gasteiger partial charge in [-0.05, 0) is 31.9 Å². The van der Waals surface area contributed by atoms with Gasteiger partial charge < -0.3 is 15.3 Å². The molecule has 1 saturated carbocycles. The van der Waals surface area contributed by atoms with Crippen molar-refractivity contribution in [3.63, 3.8) is 0 Å². The highest BCUT2D eigenvalue weighted by atomic mass is 16.3. The molecule has 102 valence electrons. The summed E-state index contributed by atoms with van der Waals surface area (Å²) >= 11 is 0. The summed E-state index contributed by atoms with van der Waals surface area (Å²) in [5.41, 5.74) is 2.59. The van der Waals surface area contributed by atoms with Crippen LogP contribution in [0.4, 0.5) is 11.4 Å². The van der Waals surface area contributed by atoms with Crippen molar-refractivity contribution in [2.45, 2.75) is 44.8 Å². The Morgan fingerprint density at radius 1 is 1.37 bits per heavy atom. The van der Waals surface area contributed by atoms with Gasteiger partial charge in [0.15, 0.2) is 6.10 Å². The third kappa shape index (κ3) is 2.10. The van der Waals surface area contributed by atoms with Crippen LogP contribution in [0.15, 0.2) is 18.2 Å². The van der Waals surface area contributed by atoms with E-state index in [1.54, 1.807) is 0 Å². The first kappa shape index (κ1) is 12.5. The summed E-state index contributed by atoms with van der Waals surface area (Å²) in [7, 11) is 0. The predicted molar refractivity (Wildman–Crippen MR) is 75.3 cm³/mol. The maximum absolute atomic E-state index is 11.5. The van der Waals surface area contributed by atoms with E-state index in [0.717, 1.165) is 17.9 Å². The molecule has 4 heteroatoms. The Hall–Kier alpha value is -1.55. The molecule has 1 aliphatic heterocycles. The Kier molecular flexibility index (Phi) is 3.19. The standard InChI is InChI=1S/C15H20N2O2/c1-2-17(10-5-3-4-6-10)11-7-8-12-13(9-11)16-15(19)14(12)18/h7-10,14,18H,2-6H2,1H3,(H,16,19). The van der Waals surface area contributed by atoms with Crippen LogP contribution in [-0.4, -0.2) is 23.6 Å². The molecule has 1 fully saturated rings. The molecule has 0 spiro atoms. The fourth-order valence-corrected chi connectivity index (χ4v) is 3.28. The van der Waals surface area contributed by atoms with Crippen LogP contribution < -0.4 is 10.2 Å². The third-order valence-electron chi connectivity index (χ3n) is 4.28. The number of hydrogen-bond donors (Lipinski definition) is 2. The second-order valence-electron chi connectivity index (χ2n) is 5.39. The molecule has 0 saturated heterocycles. The molecular weight excluding hydrogens is 240 g/mol. The van der Waals surface area contributed by atoms with Crippen molar-refractivity contribution in [1.29, 1.82) is 0 Å². The molecule has 0 bridgehead atoms. The molecule has 1 aromatic rings. The van der Waals surface area contributed by atoms with E-state index in [9.17, 15) is 9.90 Å². The van der Waals surface area contributed by atoms with Crippen molar-refractivity contribution >= 4 is 17.3 Å². The number of carbonyl (C=O) groups is 1. The van der Waals surface area contributed by atoms with Gasteiger partial charge in [0.25, 0.3) is 5.91 Å². The van der Waals surface area contributed by atoms with E-state index in [2.05, 4.69) is 17.1 Å². The van der Waals surface area contributed by atoms with Crippen LogP contribution in [-0.2, 0) is 4.79 Å². The van der Waals surface area contributed by atoms with Gasteiger partial charge in [-0.25, -0.2) is 0 Å². The van der Waals surface area contributed by atoms with Gasteiger partial charge in [-0.2, -0.15) is 0 Å². The van der Waals surface area contributed by atoms with E-state index < -0.39 is 6.10 Å². The number of nitrogens with one attached hydrogen (secondary N) is 1. The van der Waals surface area contributed by atoms with E-state index in [0.29, 0.717) is 11.6 Å². The number of rotatable bonds is 3. The van der Waals surface area contributed by atoms with Crippen molar-refractivity contribution in [1.82, 2.24) is 0 Å². The number of benzene rings is 1. The van der Waals surface area contributed by atoms with Crippen molar-refractivity contribution in [3.05, 3.63) is 23.8 Å². The molecule has 4 nitrogen and oxygen atoms in total. The lowest BCUT2D eigenvalue weighted by atomic mass is 10.1. The molecular formula is C15H20N2O2. The number of anilines is 2. The fraction of sp³-hybridized carbons (Fsp3) is 0.533. The SMILES string of the molecule is CCN(c1ccc2c(c1)NC(=O)C2O)C1CCCC1. The van der Waals surface area contributed by atoms with Gasteiger partial charge >= 0.3 is 0 Å².